The molecule has 0 fully saturated rings. The van der Waals surface area contributed by atoms with Crippen LogP contribution in [0.1, 0.15) is 84.3 Å². The molecule has 0 amide bonds. The Morgan fingerprint density at radius 1 is 1.11 bits per heavy atom. The van der Waals surface area contributed by atoms with E-state index in [2.05, 4.69) is 53.1 Å². The maximum absolute atomic E-state index is 4.76. The molecule has 2 rings (SSSR count). The zero-order chi connectivity index (χ0) is 19.5. The van der Waals surface area contributed by atoms with Gasteiger partial charge in [-0.2, -0.15) is 0 Å². The van der Waals surface area contributed by atoms with Crippen molar-refractivity contribution in [2.24, 2.45) is 10.9 Å². The molecule has 0 bridgehead atoms. The van der Waals surface area contributed by atoms with Crippen molar-refractivity contribution < 1.29 is 0 Å². The first-order valence-electron chi connectivity index (χ1n) is 11.1. The Kier molecular flexibility index (Phi) is 12.7. The molecule has 0 aromatic carbocycles. The van der Waals surface area contributed by atoms with Gasteiger partial charge < -0.3 is 15.2 Å². The zero-order valence-corrected chi connectivity index (χ0v) is 20.7. The molecule has 28 heavy (non-hydrogen) atoms. The predicted molar refractivity (Wildman–Crippen MR) is 129 cm³/mol. The average molecular weight is 505 g/mol. The number of aliphatic imine (C=N–C) groups is 1. The fraction of sp³-hybridized carbons (Fsp3) is 0.857. The maximum atomic E-state index is 4.76. The molecule has 1 aromatic rings. The highest BCUT2D eigenvalue weighted by Gasteiger charge is 2.14. The van der Waals surface area contributed by atoms with Gasteiger partial charge in [0.05, 0.1) is 0 Å². The van der Waals surface area contributed by atoms with E-state index in [-0.39, 0.29) is 24.0 Å². The number of hydrogen-bond acceptors (Lipinski definition) is 3. The van der Waals surface area contributed by atoms with E-state index in [0.29, 0.717) is 6.04 Å². The van der Waals surface area contributed by atoms with Crippen LogP contribution in [0.4, 0.5) is 0 Å². The van der Waals surface area contributed by atoms with Crippen molar-refractivity contribution in [1.82, 2.24) is 25.4 Å². The molecule has 1 aliphatic rings. The van der Waals surface area contributed by atoms with Gasteiger partial charge in [-0.05, 0) is 45.4 Å². The first-order valence-corrected chi connectivity index (χ1v) is 11.1. The first kappa shape index (κ1) is 25.2. The van der Waals surface area contributed by atoms with Gasteiger partial charge in [0.1, 0.15) is 11.6 Å². The predicted octanol–water partition coefficient (Wildman–Crippen LogP) is 4.33. The monoisotopic (exact) mass is 504 g/mol. The molecular weight excluding hydrogens is 463 g/mol. The number of nitrogens with zero attached hydrogens (tertiary/aromatic N) is 4. The molecule has 2 N–H and O–H groups in total. The third kappa shape index (κ3) is 9.09. The molecule has 1 aromatic heterocycles. The van der Waals surface area contributed by atoms with Crippen molar-refractivity contribution >= 4 is 29.9 Å². The summed E-state index contributed by atoms with van der Waals surface area (Å²) in [6, 6.07) is 0.453. The van der Waals surface area contributed by atoms with Crippen LogP contribution in [0.25, 0.3) is 0 Å². The molecule has 1 aliphatic heterocycles. The van der Waals surface area contributed by atoms with Crippen LogP contribution >= 0.6 is 24.0 Å². The highest BCUT2D eigenvalue weighted by molar-refractivity contribution is 14.0. The van der Waals surface area contributed by atoms with Crippen molar-refractivity contribution in [3.8, 4) is 0 Å². The molecule has 0 saturated heterocycles. The number of fused-ring (bicyclic) bond motifs is 1. The van der Waals surface area contributed by atoms with Crippen LogP contribution in [-0.2, 0) is 19.4 Å². The summed E-state index contributed by atoms with van der Waals surface area (Å²) in [7, 11) is 0. The van der Waals surface area contributed by atoms with E-state index in [4.69, 9.17) is 4.99 Å². The zero-order valence-electron chi connectivity index (χ0n) is 18.3. The fourth-order valence-corrected chi connectivity index (χ4v) is 3.62. The van der Waals surface area contributed by atoms with Crippen LogP contribution in [0.5, 0.6) is 0 Å². The third-order valence-corrected chi connectivity index (χ3v) is 5.16. The Morgan fingerprint density at radius 3 is 2.68 bits per heavy atom. The van der Waals surface area contributed by atoms with Gasteiger partial charge in [0.15, 0.2) is 5.96 Å². The van der Waals surface area contributed by atoms with Gasteiger partial charge in [0, 0.05) is 38.5 Å². The molecule has 0 saturated carbocycles. The lowest BCUT2D eigenvalue weighted by molar-refractivity contribution is 0.491. The molecule has 7 heteroatoms. The lowest BCUT2D eigenvalue weighted by Gasteiger charge is -2.18. The number of aromatic nitrogens is 3. The van der Waals surface area contributed by atoms with Crippen molar-refractivity contribution in [2.75, 3.05) is 13.1 Å². The van der Waals surface area contributed by atoms with Crippen molar-refractivity contribution in [3.63, 3.8) is 0 Å². The molecule has 1 unspecified atom stereocenters. The van der Waals surface area contributed by atoms with Crippen molar-refractivity contribution in [3.05, 3.63) is 11.6 Å². The average Bonchev–Trinajstić information content (AvgIpc) is 2.85. The van der Waals surface area contributed by atoms with Crippen LogP contribution in [-0.4, -0.2) is 39.9 Å². The number of rotatable bonds is 10. The number of aryl methyl sites for hydroxylation is 2. The van der Waals surface area contributed by atoms with E-state index in [0.717, 1.165) is 56.6 Å². The summed E-state index contributed by atoms with van der Waals surface area (Å²) >= 11 is 0. The van der Waals surface area contributed by atoms with Gasteiger partial charge in [-0.1, -0.05) is 33.1 Å². The Balaban J connectivity index is 0.00000392. The molecule has 162 valence electrons. The van der Waals surface area contributed by atoms with Gasteiger partial charge in [0.25, 0.3) is 0 Å². The van der Waals surface area contributed by atoms with Crippen LogP contribution < -0.4 is 10.6 Å². The molecule has 0 aliphatic carbocycles. The van der Waals surface area contributed by atoms with Gasteiger partial charge in [-0.3, -0.25) is 4.99 Å². The van der Waals surface area contributed by atoms with E-state index >= 15 is 0 Å². The fourth-order valence-electron chi connectivity index (χ4n) is 3.62. The number of hydrogen-bond donors (Lipinski definition) is 2. The number of halogens is 1. The minimum absolute atomic E-state index is 0. The largest absolute Gasteiger partial charge is 0.357 e. The Hall–Kier alpha value is -0.860. The lowest BCUT2D eigenvalue weighted by atomic mass is 10.0. The molecule has 6 nitrogen and oxygen atoms in total. The van der Waals surface area contributed by atoms with Crippen LogP contribution in [0, 0.1) is 5.92 Å². The Bertz CT molecular complexity index is 569. The first-order chi connectivity index (χ1) is 13.1. The second-order valence-electron chi connectivity index (χ2n) is 8.23. The SMILES string of the molecule is CCNC(=NCCCc1nnc2n1CCCCC2)NC(C)CCCC(C)C.I. The van der Waals surface area contributed by atoms with E-state index in [1.54, 1.807) is 0 Å². The van der Waals surface area contributed by atoms with E-state index in [9.17, 15) is 0 Å². The van der Waals surface area contributed by atoms with Crippen LogP contribution in [0.3, 0.4) is 0 Å². The molecular formula is C21H41IN6. The standard InChI is InChI=1S/C21H40N6.HI/c1-5-22-21(24-18(4)12-9-11-17(2)3)23-15-10-14-20-26-25-19-13-7-6-8-16-27(19)20;/h17-18H,5-16H2,1-4H3,(H2,22,23,24);1H. The summed E-state index contributed by atoms with van der Waals surface area (Å²) in [6.07, 6.45) is 10.6. The van der Waals surface area contributed by atoms with Gasteiger partial charge in [-0.15, -0.1) is 34.2 Å². The Morgan fingerprint density at radius 2 is 1.93 bits per heavy atom. The van der Waals surface area contributed by atoms with E-state index < -0.39 is 0 Å². The minimum Gasteiger partial charge on any atom is -0.357 e. The van der Waals surface area contributed by atoms with E-state index in [1.807, 2.05) is 0 Å². The van der Waals surface area contributed by atoms with Gasteiger partial charge >= 0.3 is 0 Å². The molecule has 2 heterocycles. The quantitative estimate of drug-likeness (QED) is 0.216. The summed E-state index contributed by atoms with van der Waals surface area (Å²) in [5.41, 5.74) is 0. The normalized spacial score (nSPS) is 15.5. The van der Waals surface area contributed by atoms with Crippen LogP contribution in [0.2, 0.25) is 0 Å². The van der Waals surface area contributed by atoms with Crippen molar-refractivity contribution in [2.45, 2.75) is 98.1 Å². The third-order valence-electron chi connectivity index (χ3n) is 5.16. The summed E-state index contributed by atoms with van der Waals surface area (Å²) in [4.78, 5) is 4.76. The van der Waals surface area contributed by atoms with Gasteiger partial charge in [-0.25, -0.2) is 0 Å². The molecule has 0 spiro atoms. The highest BCUT2D eigenvalue weighted by Crippen LogP contribution is 2.15. The summed E-state index contributed by atoms with van der Waals surface area (Å²) in [5, 5.41) is 15.7. The number of nitrogens with one attached hydrogen (secondary N) is 2. The summed E-state index contributed by atoms with van der Waals surface area (Å²) in [6.45, 7) is 11.7. The smallest absolute Gasteiger partial charge is 0.191 e. The maximum Gasteiger partial charge on any atom is 0.191 e. The van der Waals surface area contributed by atoms with Crippen LogP contribution in [0.15, 0.2) is 4.99 Å². The van der Waals surface area contributed by atoms with Gasteiger partial charge in [0.2, 0.25) is 0 Å². The Labute approximate surface area is 188 Å². The molecule has 0 radical (unpaired) electrons. The highest BCUT2D eigenvalue weighted by atomic mass is 127. The topological polar surface area (TPSA) is 67.1 Å². The van der Waals surface area contributed by atoms with Crippen molar-refractivity contribution in [1.29, 1.82) is 0 Å². The molecule has 1 atom stereocenters. The second-order valence-corrected chi connectivity index (χ2v) is 8.23. The van der Waals surface area contributed by atoms with E-state index in [1.165, 1.54) is 44.3 Å². The number of guanidine groups is 1. The second kappa shape index (κ2) is 14.2. The summed E-state index contributed by atoms with van der Waals surface area (Å²) in [5.74, 6) is 4.04. The summed E-state index contributed by atoms with van der Waals surface area (Å²) < 4.78 is 2.34. The minimum atomic E-state index is 0. The lowest BCUT2D eigenvalue weighted by Crippen LogP contribution is -2.42.